The summed E-state index contributed by atoms with van der Waals surface area (Å²) in [7, 11) is 1.46. The average molecular weight is 249 g/mol. The first kappa shape index (κ1) is 12.0. The summed E-state index contributed by atoms with van der Waals surface area (Å²) in [4.78, 5) is 10.7. The topological polar surface area (TPSA) is 92.8 Å². The van der Waals surface area contributed by atoms with Gasteiger partial charge in [0.2, 0.25) is 5.76 Å². The zero-order chi connectivity index (χ0) is 13.3. The molecule has 2 aromatic rings. The predicted molar refractivity (Wildman–Crippen MR) is 61.9 cm³/mol. The number of rotatable bonds is 3. The third kappa shape index (κ3) is 2.00. The average Bonchev–Trinajstić information content (AvgIpc) is 2.77. The molecule has 0 aliphatic heterocycles. The number of benzene rings is 1. The number of methoxy groups -OCH3 is 1. The summed E-state index contributed by atoms with van der Waals surface area (Å²) in [6.07, 6.45) is 0. The van der Waals surface area contributed by atoms with Gasteiger partial charge in [0, 0.05) is 11.6 Å². The van der Waals surface area contributed by atoms with Crippen molar-refractivity contribution in [3.63, 3.8) is 0 Å². The van der Waals surface area contributed by atoms with Gasteiger partial charge in [0.1, 0.15) is 5.69 Å². The highest BCUT2D eigenvalue weighted by Crippen LogP contribution is 2.34. The number of carboxylic acids is 1. The molecule has 1 aromatic heterocycles. The van der Waals surface area contributed by atoms with Crippen molar-refractivity contribution in [2.45, 2.75) is 6.92 Å². The van der Waals surface area contributed by atoms with Crippen molar-refractivity contribution in [1.82, 2.24) is 5.16 Å². The van der Waals surface area contributed by atoms with Gasteiger partial charge in [0.05, 0.1) is 7.11 Å². The molecule has 94 valence electrons. The Kier molecular flexibility index (Phi) is 2.93. The van der Waals surface area contributed by atoms with E-state index in [-0.39, 0.29) is 11.5 Å². The summed E-state index contributed by atoms with van der Waals surface area (Å²) >= 11 is 0. The van der Waals surface area contributed by atoms with Crippen LogP contribution in [0.15, 0.2) is 22.7 Å². The maximum absolute atomic E-state index is 10.7. The largest absolute Gasteiger partial charge is 0.504 e. The molecule has 0 atom stereocenters. The Labute approximate surface area is 102 Å². The van der Waals surface area contributed by atoms with Crippen molar-refractivity contribution in [3.8, 4) is 22.8 Å². The Morgan fingerprint density at radius 3 is 2.61 bits per heavy atom. The number of aromatic nitrogens is 1. The van der Waals surface area contributed by atoms with Gasteiger partial charge in [-0.1, -0.05) is 5.16 Å². The smallest absolute Gasteiger partial charge is 0.374 e. The highest BCUT2D eigenvalue weighted by molar-refractivity contribution is 5.85. The number of aromatic carboxylic acids is 1. The molecule has 1 aromatic carbocycles. The van der Waals surface area contributed by atoms with Crippen molar-refractivity contribution in [1.29, 1.82) is 0 Å². The van der Waals surface area contributed by atoms with Gasteiger partial charge in [-0.15, -0.1) is 0 Å². The van der Waals surface area contributed by atoms with Crippen molar-refractivity contribution in [3.05, 3.63) is 29.5 Å². The predicted octanol–water partition coefficient (Wildman–Crippen LogP) is 2.06. The Morgan fingerprint density at radius 2 is 2.11 bits per heavy atom. The van der Waals surface area contributed by atoms with Crippen LogP contribution >= 0.6 is 0 Å². The van der Waals surface area contributed by atoms with E-state index >= 15 is 0 Å². The fourth-order valence-electron chi connectivity index (χ4n) is 1.68. The van der Waals surface area contributed by atoms with Gasteiger partial charge < -0.3 is 19.5 Å². The van der Waals surface area contributed by atoms with Crippen LogP contribution in [0.1, 0.15) is 16.1 Å². The molecule has 1 heterocycles. The monoisotopic (exact) mass is 249 g/mol. The summed E-state index contributed by atoms with van der Waals surface area (Å²) in [6, 6.07) is 4.46. The quantitative estimate of drug-likeness (QED) is 0.864. The molecule has 0 bridgehead atoms. The second-order valence-corrected chi connectivity index (χ2v) is 3.73. The molecule has 0 spiro atoms. The fraction of sp³-hybridized carbons (Fsp3) is 0.167. The molecule has 6 nitrogen and oxygen atoms in total. The van der Waals surface area contributed by atoms with Crippen LogP contribution in [0.5, 0.6) is 11.5 Å². The molecule has 0 radical (unpaired) electrons. The number of phenols is 1. The standard InChI is InChI=1S/C12H11NO5/c1-6-3-7(4-9(14)11(6)17-2)8-5-10(12(15)16)18-13-8/h3-5,14H,1-2H3,(H,15,16). The number of ether oxygens (including phenoxy) is 1. The van der Waals surface area contributed by atoms with Crippen LogP contribution in [0.25, 0.3) is 11.3 Å². The molecule has 0 aliphatic carbocycles. The zero-order valence-corrected chi connectivity index (χ0v) is 9.80. The number of nitrogens with zero attached hydrogens (tertiary/aromatic N) is 1. The van der Waals surface area contributed by atoms with Gasteiger partial charge in [0.15, 0.2) is 11.5 Å². The van der Waals surface area contributed by atoms with Crippen LogP contribution in [-0.2, 0) is 0 Å². The lowest BCUT2D eigenvalue weighted by Crippen LogP contribution is -1.91. The van der Waals surface area contributed by atoms with E-state index in [9.17, 15) is 9.90 Å². The van der Waals surface area contributed by atoms with Crippen molar-refractivity contribution in [2.75, 3.05) is 7.11 Å². The highest BCUT2D eigenvalue weighted by atomic mass is 16.5. The minimum atomic E-state index is -1.19. The number of hydrogen-bond donors (Lipinski definition) is 2. The van der Waals surface area contributed by atoms with Gasteiger partial charge in [-0.05, 0) is 24.6 Å². The number of hydrogen-bond acceptors (Lipinski definition) is 5. The van der Waals surface area contributed by atoms with E-state index in [0.717, 1.165) is 0 Å². The number of carbonyl (C=O) groups is 1. The maximum atomic E-state index is 10.7. The highest BCUT2D eigenvalue weighted by Gasteiger charge is 2.15. The number of aryl methyl sites for hydroxylation is 1. The molecule has 0 amide bonds. The summed E-state index contributed by atoms with van der Waals surface area (Å²) < 4.78 is 9.68. The Hall–Kier alpha value is -2.50. The van der Waals surface area contributed by atoms with Crippen LogP contribution in [0, 0.1) is 6.92 Å². The van der Waals surface area contributed by atoms with E-state index in [2.05, 4.69) is 9.68 Å². The molecule has 0 unspecified atom stereocenters. The molecular formula is C12H11NO5. The summed E-state index contributed by atoms with van der Waals surface area (Å²) in [5.41, 5.74) is 1.61. The molecule has 0 saturated heterocycles. The summed E-state index contributed by atoms with van der Waals surface area (Å²) in [5.74, 6) is -1.10. The first-order valence-electron chi connectivity index (χ1n) is 5.11. The lowest BCUT2D eigenvalue weighted by atomic mass is 10.1. The lowest BCUT2D eigenvalue weighted by molar-refractivity contribution is 0.0652. The number of carboxylic acid groups (broad SMARTS) is 1. The van der Waals surface area contributed by atoms with Gasteiger partial charge >= 0.3 is 5.97 Å². The molecule has 18 heavy (non-hydrogen) atoms. The van der Waals surface area contributed by atoms with E-state index < -0.39 is 5.97 Å². The summed E-state index contributed by atoms with van der Waals surface area (Å²) in [5, 5.41) is 22.1. The third-order valence-corrected chi connectivity index (χ3v) is 2.48. The normalized spacial score (nSPS) is 10.3. The van der Waals surface area contributed by atoms with Gasteiger partial charge in [-0.2, -0.15) is 0 Å². The van der Waals surface area contributed by atoms with Crippen LogP contribution in [-0.4, -0.2) is 28.4 Å². The number of aromatic hydroxyl groups is 1. The van der Waals surface area contributed by atoms with Gasteiger partial charge in [-0.25, -0.2) is 4.79 Å². The van der Waals surface area contributed by atoms with Crippen LogP contribution in [0.3, 0.4) is 0 Å². The molecule has 2 N–H and O–H groups in total. The van der Waals surface area contributed by atoms with E-state index in [4.69, 9.17) is 9.84 Å². The SMILES string of the molecule is COc1c(C)cc(-c2cc(C(=O)O)on2)cc1O. The fourth-order valence-corrected chi connectivity index (χ4v) is 1.68. The second kappa shape index (κ2) is 4.40. The molecular weight excluding hydrogens is 238 g/mol. The van der Waals surface area contributed by atoms with E-state index in [1.54, 1.807) is 13.0 Å². The minimum absolute atomic E-state index is 0.0348. The molecule has 6 heteroatoms. The maximum Gasteiger partial charge on any atom is 0.374 e. The molecule has 0 saturated carbocycles. The van der Waals surface area contributed by atoms with Crippen LogP contribution < -0.4 is 4.74 Å². The van der Waals surface area contributed by atoms with Crippen molar-refractivity contribution < 1.29 is 24.3 Å². The lowest BCUT2D eigenvalue weighted by Gasteiger charge is -2.08. The number of phenolic OH excluding ortho intramolecular Hbond substituents is 1. The third-order valence-electron chi connectivity index (χ3n) is 2.48. The van der Waals surface area contributed by atoms with Crippen molar-refractivity contribution in [2.24, 2.45) is 0 Å². The van der Waals surface area contributed by atoms with E-state index in [1.165, 1.54) is 19.2 Å². The Bertz CT molecular complexity index is 579. The first-order chi connectivity index (χ1) is 8.52. The van der Waals surface area contributed by atoms with E-state index in [1.807, 2.05) is 0 Å². The molecule has 2 rings (SSSR count). The first-order valence-corrected chi connectivity index (χ1v) is 5.11. The molecule has 0 aliphatic rings. The van der Waals surface area contributed by atoms with E-state index in [0.29, 0.717) is 22.6 Å². The Morgan fingerprint density at radius 1 is 1.39 bits per heavy atom. The van der Waals surface area contributed by atoms with Crippen molar-refractivity contribution >= 4 is 5.97 Å². The Balaban J connectivity index is 2.47. The minimum Gasteiger partial charge on any atom is -0.504 e. The van der Waals surface area contributed by atoms with Gasteiger partial charge in [0.25, 0.3) is 0 Å². The zero-order valence-electron chi connectivity index (χ0n) is 9.80. The molecule has 0 fully saturated rings. The summed E-state index contributed by atoms with van der Waals surface area (Å²) in [6.45, 7) is 1.76. The van der Waals surface area contributed by atoms with Crippen LogP contribution in [0.2, 0.25) is 0 Å². The van der Waals surface area contributed by atoms with Crippen LogP contribution in [0.4, 0.5) is 0 Å². The second-order valence-electron chi connectivity index (χ2n) is 3.73. The van der Waals surface area contributed by atoms with Gasteiger partial charge in [-0.3, -0.25) is 0 Å².